The minimum atomic E-state index is -0.686. The minimum absolute atomic E-state index is 0.239. The molecule has 3 aromatic carbocycles. The summed E-state index contributed by atoms with van der Waals surface area (Å²) in [5, 5.41) is 5.61. The van der Waals surface area contributed by atoms with E-state index in [1.54, 1.807) is 74.7 Å². The number of hydrogen-bond acceptors (Lipinski definition) is 4. The van der Waals surface area contributed by atoms with Crippen molar-refractivity contribution in [2.45, 2.75) is 13.0 Å². The monoisotopic (exact) mass is 390 g/mol. The fourth-order valence-electron chi connectivity index (χ4n) is 2.59. The highest BCUT2D eigenvalue weighted by molar-refractivity contribution is 6.04. The van der Waals surface area contributed by atoms with Crippen molar-refractivity contribution in [3.63, 3.8) is 0 Å². The normalized spacial score (nSPS) is 11.2. The van der Waals surface area contributed by atoms with Crippen LogP contribution in [0, 0.1) is 0 Å². The van der Waals surface area contributed by atoms with E-state index >= 15 is 0 Å². The number of nitrogens with one attached hydrogen (secondary N) is 2. The number of rotatable bonds is 7. The zero-order valence-electron chi connectivity index (χ0n) is 16.2. The van der Waals surface area contributed by atoms with E-state index < -0.39 is 6.10 Å². The molecule has 3 aromatic rings. The quantitative estimate of drug-likeness (QED) is 0.629. The minimum Gasteiger partial charge on any atom is -0.497 e. The van der Waals surface area contributed by atoms with Crippen molar-refractivity contribution in [2.24, 2.45) is 0 Å². The van der Waals surface area contributed by atoms with E-state index in [1.165, 1.54) is 0 Å². The number of para-hydroxylation sites is 1. The summed E-state index contributed by atoms with van der Waals surface area (Å²) in [6.07, 6.45) is -0.686. The molecule has 0 aliphatic carbocycles. The van der Waals surface area contributed by atoms with Crippen molar-refractivity contribution in [1.82, 2.24) is 0 Å². The van der Waals surface area contributed by atoms with E-state index in [0.29, 0.717) is 22.7 Å². The molecule has 6 heteroatoms. The Morgan fingerprint density at radius 1 is 0.759 bits per heavy atom. The molecule has 0 saturated carbocycles. The summed E-state index contributed by atoms with van der Waals surface area (Å²) in [7, 11) is 1.59. The maximum Gasteiger partial charge on any atom is 0.265 e. The third kappa shape index (κ3) is 5.59. The topological polar surface area (TPSA) is 76.7 Å². The predicted octanol–water partition coefficient (Wildman–Crippen LogP) is 4.35. The number of benzene rings is 3. The van der Waals surface area contributed by atoms with Crippen LogP contribution in [0.1, 0.15) is 17.3 Å². The number of amides is 2. The lowest BCUT2D eigenvalue weighted by Crippen LogP contribution is -2.30. The summed E-state index contributed by atoms with van der Waals surface area (Å²) in [5.74, 6) is 0.728. The molecule has 6 nitrogen and oxygen atoms in total. The highest BCUT2D eigenvalue weighted by Gasteiger charge is 2.15. The molecule has 0 radical (unpaired) electrons. The van der Waals surface area contributed by atoms with Crippen LogP contribution in [-0.4, -0.2) is 25.0 Å². The molecule has 0 aliphatic rings. The fraction of sp³-hybridized carbons (Fsp3) is 0.130. The van der Waals surface area contributed by atoms with Gasteiger partial charge in [0.05, 0.1) is 7.11 Å². The molecule has 0 aromatic heterocycles. The van der Waals surface area contributed by atoms with Crippen molar-refractivity contribution < 1.29 is 19.1 Å². The molecule has 0 unspecified atom stereocenters. The Morgan fingerprint density at radius 2 is 1.34 bits per heavy atom. The third-order valence-corrected chi connectivity index (χ3v) is 4.19. The van der Waals surface area contributed by atoms with Gasteiger partial charge in [0.25, 0.3) is 11.8 Å². The zero-order valence-corrected chi connectivity index (χ0v) is 16.2. The van der Waals surface area contributed by atoms with Crippen LogP contribution in [-0.2, 0) is 4.79 Å². The molecule has 29 heavy (non-hydrogen) atoms. The first-order valence-corrected chi connectivity index (χ1v) is 9.13. The van der Waals surface area contributed by atoms with Gasteiger partial charge in [0.15, 0.2) is 6.10 Å². The first-order chi connectivity index (χ1) is 14.0. The number of ether oxygens (including phenoxy) is 2. The Morgan fingerprint density at radius 3 is 1.97 bits per heavy atom. The molecule has 0 spiro atoms. The van der Waals surface area contributed by atoms with Gasteiger partial charge in [0.2, 0.25) is 0 Å². The van der Waals surface area contributed by atoms with Gasteiger partial charge in [0, 0.05) is 16.9 Å². The number of anilines is 2. The van der Waals surface area contributed by atoms with Gasteiger partial charge < -0.3 is 20.1 Å². The molecule has 0 heterocycles. The lowest BCUT2D eigenvalue weighted by Gasteiger charge is -2.15. The molecular weight excluding hydrogens is 368 g/mol. The van der Waals surface area contributed by atoms with Gasteiger partial charge in [-0.1, -0.05) is 18.2 Å². The molecule has 3 rings (SSSR count). The second kappa shape index (κ2) is 9.41. The van der Waals surface area contributed by atoms with E-state index in [0.717, 1.165) is 5.75 Å². The first kappa shape index (κ1) is 19.9. The van der Waals surface area contributed by atoms with Gasteiger partial charge in [-0.2, -0.15) is 0 Å². The van der Waals surface area contributed by atoms with E-state index in [-0.39, 0.29) is 11.8 Å². The van der Waals surface area contributed by atoms with Gasteiger partial charge in [-0.25, -0.2) is 0 Å². The van der Waals surface area contributed by atoms with Crippen molar-refractivity contribution in [3.05, 3.63) is 84.4 Å². The van der Waals surface area contributed by atoms with E-state index in [1.807, 2.05) is 18.2 Å². The van der Waals surface area contributed by atoms with E-state index in [2.05, 4.69) is 10.6 Å². The van der Waals surface area contributed by atoms with Gasteiger partial charge in [-0.05, 0) is 67.6 Å². The second-order valence-corrected chi connectivity index (χ2v) is 6.32. The number of methoxy groups -OCH3 is 1. The lowest BCUT2D eigenvalue weighted by molar-refractivity contribution is -0.122. The standard InChI is InChI=1S/C23H22N2O4/c1-16(22(26)24-18-6-4-3-5-7-18)29-21-12-8-17(9-13-21)23(27)25-19-10-14-20(28-2)15-11-19/h3-16H,1-2H3,(H,24,26)(H,25,27)/t16-/m1/s1. The van der Waals surface area contributed by atoms with Crippen LogP contribution in [0.4, 0.5) is 11.4 Å². The van der Waals surface area contributed by atoms with Crippen LogP contribution in [0.15, 0.2) is 78.9 Å². The summed E-state index contributed by atoms with van der Waals surface area (Å²) >= 11 is 0. The molecule has 0 bridgehead atoms. The molecule has 148 valence electrons. The van der Waals surface area contributed by atoms with Gasteiger partial charge in [0.1, 0.15) is 11.5 Å². The third-order valence-electron chi connectivity index (χ3n) is 4.19. The van der Waals surface area contributed by atoms with Gasteiger partial charge >= 0.3 is 0 Å². The maximum absolute atomic E-state index is 12.4. The maximum atomic E-state index is 12.4. The number of carbonyl (C=O) groups is 2. The summed E-state index contributed by atoms with van der Waals surface area (Å²) in [6.45, 7) is 1.67. The van der Waals surface area contributed by atoms with Gasteiger partial charge in [-0.3, -0.25) is 9.59 Å². The fourth-order valence-corrected chi connectivity index (χ4v) is 2.59. The Balaban J connectivity index is 1.56. The van der Waals surface area contributed by atoms with Crippen LogP contribution in [0.5, 0.6) is 11.5 Å². The average molecular weight is 390 g/mol. The van der Waals surface area contributed by atoms with Crippen LogP contribution in [0.25, 0.3) is 0 Å². The van der Waals surface area contributed by atoms with Crippen molar-refractivity contribution in [2.75, 3.05) is 17.7 Å². The Hall–Kier alpha value is -3.80. The number of hydrogen-bond donors (Lipinski definition) is 2. The summed E-state index contributed by atoms with van der Waals surface area (Å²) in [5.41, 5.74) is 1.86. The lowest BCUT2D eigenvalue weighted by atomic mass is 10.2. The van der Waals surface area contributed by atoms with Crippen LogP contribution in [0.3, 0.4) is 0 Å². The van der Waals surface area contributed by atoms with Crippen molar-refractivity contribution >= 4 is 23.2 Å². The zero-order chi connectivity index (χ0) is 20.6. The predicted molar refractivity (Wildman–Crippen MR) is 113 cm³/mol. The average Bonchev–Trinajstić information content (AvgIpc) is 2.75. The highest BCUT2D eigenvalue weighted by Crippen LogP contribution is 2.18. The second-order valence-electron chi connectivity index (χ2n) is 6.32. The Bertz CT molecular complexity index is 954. The summed E-state index contributed by atoms with van der Waals surface area (Å²) in [4.78, 5) is 24.6. The smallest absolute Gasteiger partial charge is 0.265 e. The molecular formula is C23H22N2O4. The molecule has 0 saturated heterocycles. The summed E-state index contributed by atoms with van der Waals surface area (Å²) in [6, 6.07) is 22.9. The van der Waals surface area contributed by atoms with Gasteiger partial charge in [-0.15, -0.1) is 0 Å². The summed E-state index contributed by atoms with van der Waals surface area (Å²) < 4.78 is 10.8. The largest absolute Gasteiger partial charge is 0.497 e. The van der Waals surface area contributed by atoms with E-state index in [4.69, 9.17) is 9.47 Å². The first-order valence-electron chi connectivity index (χ1n) is 9.13. The van der Waals surface area contributed by atoms with Crippen molar-refractivity contribution in [1.29, 1.82) is 0 Å². The van der Waals surface area contributed by atoms with Crippen LogP contribution < -0.4 is 20.1 Å². The number of carbonyl (C=O) groups excluding carboxylic acids is 2. The van der Waals surface area contributed by atoms with E-state index in [9.17, 15) is 9.59 Å². The highest BCUT2D eigenvalue weighted by atomic mass is 16.5. The Labute approximate surface area is 169 Å². The molecule has 0 fully saturated rings. The van der Waals surface area contributed by atoms with Crippen LogP contribution in [0.2, 0.25) is 0 Å². The molecule has 0 aliphatic heterocycles. The van der Waals surface area contributed by atoms with Crippen molar-refractivity contribution in [3.8, 4) is 11.5 Å². The molecule has 2 amide bonds. The van der Waals surface area contributed by atoms with Crippen LogP contribution >= 0.6 is 0 Å². The molecule has 2 N–H and O–H groups in total. The Kier molecular flexibility index (Phi) is 6.47. The molecule has 1 atom stereocenters. The SMILES string of the molecule is COc1ccc(NC(=O)c2ccc(O[C@H](C)C(=O)Nc3ccccc3)cc2)cc1.